The predicted molar refractivity (Wildman–Crippen MR) is 101 cm³/mol. The van der Waals surface area contributed by atoms with Gasteiger partial charge < -0.3 is 19.4 Å². The molecule has 2 aliphatic heterocycles. The summed E-state index contributed by atoms with van der Waals surface area (Å²) in [6, 6.07) is 8.55. The Kier molecular flexibility index (Phi) is 5.38. The van der Waals surface area contributed by atoms with Gasteiger partial charge in [0.25, 0.3) is 0 Å². The lowest BCUT2D eigenvalue weighted by Crippen LogP contribution is -2.42. The summed E-state index contributed by atoms with van der Waals surface area (Å²) in [6.45, 7) is 4.97. The minimum Gasteiger partial charge on any atom is -0.403 e. The third-order valence-corrected chi connectivity index (χ3v) is 5.38. The molecule has 1 aromatic carbocycles. The summed E-state index contributed by atoms with van der Waals surface area (Å²) in [5.74, 6) is 0.708. The zero-order valence-corrected chi connectivity index (χ0v) is 15.7. The van der Waals surface area contributed by atoms with Crippen LogP contribution in [0.5, 0.6) is 0 Å². The Balaban J connectivity index is 1.29. The number of rotatable bonds is 5. The number of carbonyl (C=O) groups excluding carboxylic acids is 1. The molecule has 2 aliphatic rings. The molecular weight excluding hydrogens is 344 g/mol. The Labute approximate surface area is 159 Å². The second-order valence-corrected chi connectivity index (χ2v) is 7.40. The lowest BCUT2D eigenvalue weighted by Gasteiger charge is -2.30. The van der Waals surface area contributed by atoms with E-state index in [1.165, 1.54) is 5.56 Å². The Hall–Kier alpha value is -2.41. The average molecular weight is 370 g/mol. The smallest absolute Gasteiger partial charge is 0.318 e. The maximum Gasteiger partial charge on any atom is 0.318 e. The van der Waals surface area contributed by atoms with Crippen LogP contribution in [-0.2, 0) is 9.53 Å². The molecule has 4 rings (SSSR count). The second-order valence-electron chi connectivity index (χ2n) is 7.40. The quantitative estimate of drug-likeness (QED) is 0.871. The van der Waals surface area contributed by atoms with Gasteiger partial charge in [-0.15, -0.1) is 5.10 Å². The molecule has 1 amide bonds. The number of piperidine rings is 1. The highest BCUT2D eigenvalue weighted by Gasteiger charge is 2.28. The number of hydrogen-bond acceptors (Lipinski definition) is 6. The Morgan fingerprint density at radius 1 is 1.19 bits per heavy atom. The number of nitrogens with zero attached hydrogens (tertiary/aromatic N) is 3. The summed E-state index contributed by atoms with van der Waals surface area (Å²) in [5.41, 5.74) is 2.11. The molecule has 0 saturated carbocycles. The van der Waals surface area contributed by atoms with Crippen molar-refractivity contribution in [2.75, 3.05) is 31.1 Å². The van der Waals surface area contributed by atoms with Crippen molar-refractivity contribution in [1.29, 1.82) is 0 Å². The maximum absolute atomic E-state index is 12.4. The maximum atomic E-state index is 12.4. The van der Waals surface area contributed by atoms with Gasteiger partial charge >= 0.3 is 6.01 Å². The predicted octanol–water partition coefficient (Wildman–Crippen LogP) is 2.56. The van der Waals surface area contributed by atoms with E-state index in [0.29, 0.717) is 18.5 Å². The van der Waals surface area contributed by atoms with Crippen LogP contribution in [0.15, 0.2) is 28.7 Å². The number of aromatic nitrogens is 2. The molecule has 0 spiro atoms. The van der Waals surface area contributed by atoms with Crippen molar-refractivity contribution in [2.24, 2.45) is 5.92 Å². The molecule has 2 fully saturated rings. The van der Waals surface area contributed by atoms with Gasteiger partial charge in [-0.2, -0.15) is 0 Å². The fourth-order valence-corrected chi connectivity index (χ4v) is 3.65. The number of carbonyl (C=O) groups is 1. The van der Waals surface area contributed by atoms with Crippen LogP contribution in [0.25, 0.3) is 11.5 Å². The van der Waals surface area contributed by atoms with Crippen LogP contribution in [-0.4, -0.2) is 48.4 Å². The number of hydrogen-bond donors (Lipinski definition) is 1. The van der Waals surface area contributed by atoms with E-state index >= 15 is 0 Å². The van der Waals surface area contributed by atoms with Gasteiger partial charge in [-0.3, -0.25) is 4.79 Å². The van der Waals surface area contributed by atoms with E-state index in [-0.39, 0.29) is 17.9 Å². The van der Waals surface area contributed by atoms with Crippen molar-refractivity contribution < 1.29 is 13.9 Å². The van der Waals surface area contributed by atoms with Gasteiger partial charge in [0.05, 0.1) is 6.10 Å². The van der Waals surface area contributed by atoms with Gasteiger partial charge in [0, 0.05) is 37.7 Å². The Bertz CT molecular complexity index is 760. The molecule has 3 heterocycles. The van der Waals surface area contributed by atoms with E-state index in [1.807, 2.05) is 31.2 Å². The summed E-state index contributed by atoms with van der Waals surface area (Å²) < 4.78 is 11.4. The molecule has 2 saturated heterocycles. The van der Waals surface area contributed by atoms with Crippen LogP contribution < -0.4 is 10.2 Å². The number of nitrogens with one attached hydrogen (secondary N) is 1. The molecule has 2 aromatic rings. The van der Waals surface area contributed by atoms with E-state index in [4.69, 9.17) is 9.15 Å². The first-order valence-electron chi connectivity index (χ1n) is 9.74. The first-order chi connectivity index (χ1) is 13.2. The van der Waals surface area contributed by atoms with E-state index in [1.54, 1.807) is 0 Å². The molecule has 0 unspecified atom stereocenters. The van der Waals surface area contributed by atoms with Gasteiger partial charge in [-0.25, -0.2) is 0 Å². The molecule has 0 radical (unpaired) electrons. The monoisotopic (exact) mass is 370 g/mol. The molecule has 1 atom stereocenters. The molecule has 0 aliphatic carbocycles. The van der Waals surface area contributed by atoms with Crippen molar-refractivity contribution in [3.05, 3.63) is 29.8 Å². The molecule has 144 valence electrons. The van der Waals surface area contributed by atoms with Crippen LogP contribution >= 0.6 is 0 Å². The normalized spacial score (nSPS) is 20.8. The highest BCUT2D eigenvalue weighted by molar-refractivity contribution is 5.79. The van der Waals surface area contributed by atoms with E-state index < -0.39 is 0 Å². The van der Waals surface area contributed by atoms with Crippen LogP contribution in [0, 0.1) is 12.8 Å². The molecule has 1 aromatic heterocycles. The number of benzene rings is 1. The minimum atomic E-state index is 0.0437. The molecule has 27 heavy (non-hydrogen) atoms. The summed E-state index contributed by atoms with van der Waals surface area (Å²) in [6.07, 6.45) is 3.90. The average Bonchev–Trinajstić information content (AvgIpc) is 3.39. The highest BCUT2D eigenvalue weighted by atomic mass is 16.5. The first kappa shape index (κ1) is 18.0. The summed E-state index contributed by atoms with van der Waals surface area (Å²) >= 11 is 0. The topological polar surface area (TPSA) is 80.5 Å². The molecular formula is C20H26N4O3. The SMILES string of the molecule is Cc1ccc(-c2nnc(N3CCC(C(=O)NC[C@H]4CCCO4)CC3)o2)cc1. The van der Waals surface area contributed by atoms with Gasteiger partial charge in [0.1, 0.15) is 0 Å². The lowest BCUT2D eigenvalue weighted by atomic mass is 9.96. The van der Waals surface area contributed by atoms with Crippen LogP contribution in [0.1, 0.15) is 31.2 Å². The van der Waals surface area contributed by atoms with Crippen molar-refractivity contribution in [2.45, 2.75) is 38.7 Å². The zero-order chi connectivity index (χ0) is 18.6. The minimum absolute atomic E-state index is 0.0437. The fraction of sp³-hybridized carbons (Fsp3) is 0.550. The Morgan fingerprint density at radius 3 is 2.67 bits per heavy atom. The molecule has 1 N–H and O–H groups in total. The van der Waals surface area contributed by atoms with Gasteiger partial charge in [-0.05, 0) is 44.7 Å². The van der Waals surface area contributed by atoms with E-state index in [0.717, 1.165) is 50.9 Å². The lowest BCUT2D eigenvalue weighted by molar-refractivity contribution is -0.126. The number of aryl methyl sites for hydroxylation is 1. The summed E-state index contributed by atoms with van der Waals surface area (Å²) in [7, 11) is 0. The van der Waals surface area contributed by atoms with Crippen molar-refractivity contribution in [1.82, 2.24) is 15.5 Å². The fourth-order valence-electron chi connectivity index (χ4n) is 3.65. The van der Waals surface area contributed by atoms with E-state index in [2.05, 4.69) is 20.4 Å². The Morgan fingerprint density at radius 2 is 1.96 bits per heavy atom. The summed E-state index contributed by atoms with van der Waals surface area (Å²) in [5, 5.41) is 11.4. The van der Waals surface area contributed by atoms with Gasteiger partial charge in [-0.1, -0.05) is 22.8 Å². The van der Waals surface area contributed by atoms with Crippen LogP contribution in [0.3, 0.4) is 0 Å². The zero-order valence-electron chi connectivity index (χ0n) is 15.7. The van der Waals surface area contributed by atoms with Crippen LogP contribution in [0.4, 0.5) is 6.01 Å². The van der Waals surface area contributed by atoms with Gasteiger partial charge in [0.15, 0.2) is 0 Å². The van der Waals surface area contributed by atoms with Crippen molar-refractivity contribution in [3.63, 3.8) is 0 Å². The molecule has 0 bridgehead atoms. The molecule has 7 nitrogen and oxygen atoms in total. The number of amides is 1. The largest absolute Gasteiger partial charge is 0.403 e. The second kappa shape index (κ2) is 8.08. The third-order valence-electron chi connectivity index (χ3n) is 5.38. The van der Waals surface area contributed by atoms with E-state index in [9.17, 15) is 4.79 Å². The van der Waals surface area contributed by atoms with Gasteiger partial charge in [0.2, 0.25) is 11.8 Å². The van der Waals surface area contributed by atoms with Crippen molar-refractivity contribution in [3.8, 4) is 11.5 Å². The number of ether oxygens (including phenoxy) is 1. The molecule has 7 heteroatoms. The standard InChI is InChI=1S/C20H26N4O3/c1-14-4-6-16(7-5-14)19-22-23-20(27-19)24-10-8-15(9-11-24)18(25)21-13-17-3-2-12-26-17/h4-7,15,17H,2-3,8-13H2,1H3,(H,21,25)/t17-/m1/s1. The first-order valence-corrected chi connectivity index (χ1v) is 9.74. The highest BCUT2D eigenvalue weighted by Crippen LogP contribution is 2.26. The third kappa shape index (κ3) is 4.30. The number of anilines is 1. The van der Waals surface area contributed by atoms with Crippen molar-refractivity contribution >= 4 is 11.9 Å². The van der Waals surface area contributed by atoms with Crippen LogP contribution in [0.2, 0.25) is 0 Å². The summed E-state index contributed by atoms with van der Waals surface area (Å²) in [4.78, 5) is 14.4.